The van der Waals surface area contributed by atoms with Crippen molar-refractivity contribution in [1.29, 1.82) is 0 Å². The Labute approximate surface area is 241 Å². The van der Waals surface area contributed by atoms with Crippen molar-refractivity contribution < 1.29 is 19.1 Å². The van der Waals surface area contributed by atoms with E-state index < -0.39 is 23.8 Å². The number of benzene rings is 2. The molecule has 0 aliphatic rings. The molecule has 7 heteroatoms. The Kier molecular flexibility index (Phi) is 12.2. The zero-order valence-corrected chi connectivity index (χ0v) is 25.9. The summed E-state index contributed by atoms with van der Waals surface area (Å²) in [6.45, 7) is 17.5. The summed E-state index contributed by atoms with van der Waals surface area (Å²) in [6, 6.07) is 11.8. The lowest BCUT2D eigenvalue weighted by molar-refractivity contribution is -0.141. The third-order valence-corrected chi connectivity index (χ3v) is 6.66. The minimum atomic E-state index is -0.881. The van der Waals surface area contributed by atoms with Crippen molar-refractivity contribution in [1.82, 2.24) is 10.2 Å². The van der Waals surface area contributed by atoms with Crippen LogP contribution in [-0.2, 0) is 14.3 Å². The molecule has 0 aromatic heterocycles. The van der Waals surface area contributed by atoms with Crippen LogP contribution < -0.4 is 10.6 Å². The van der Waals surface area contributed by atoms with E-state index in [4.69, 9.17) is 4.74 Å². The Balaban J connectivity index is 2.58. The summed E-state index contributed by atoms with van der Waals surface area (Å²) in [6.07, 6.45) is 3.12. The number of nitrogens with zero attached hydrogens (tertiary/aromatic N) is 1. The highest BCUT2D eigenvalue weighted by atomic mass is 16.6. The molecule has 0 heterocycles. The van der Waals surface area contributed by atoms with Gasteiger partial charge in [0.15, 0.2) is 0 Å². The number of anilines is 1. The summed E-state index contributed by atoms with van der Waals surface area (Å²) in [4.78, 5) is 42.9. The second kappa shape index (κ2) is 14.9. The molecule has 0 fully saturated rings. The number of aryl methyl sites for hydroxylation is 3. The average molecular weight is 552 g/mol. The molecule has 0 aliphatic carbocycles. The van der Waals surface area contributed by atoms with Gasteiger partial charge in [-0.15, -0.1) is 0 Å². The fraction of sp³-hybridized carbons (Fsp3) is 0.545. The summed E-state index contributed by atoms with van der Waals surface area (Å²) < 4.78 is 5.48. The molecule has 2 N–H and O–H groups in total. The molecule has 3 amide bonds. The number of hydrogen-bond donors (Lipinski definition) is 2. The highest BCUT2D eigenvalue weighted by Gasteiger charge is 2.37. The molecule has 2 aromatic carbocycles. The fourth-order valence-electron chi connectivity index (χ4n) is 4.76. The molecule has 0 saturated heterocycles. The number of carbonyl (C=O) groups is 3. The van der Waals surface area contributed by atoms with E-state index in [1.807, 2.05) is 77.1 Å². The normalized spacial score (nSPS) is 12.9. The van der Waals surface area contributed by atoms with E-state index in [1.165, 1.54) is 0 Å². The van der Waals surface area contributed by atoms with Crippen LogP contribution in [0.4, 0.5) is 10.5 Å². The highest BCUT2D eigenvalue weighted by molar-refractivity contribution is 5.99. The first kappa shape index (κ1) is 32.9. The number of alkyl carbamates (subject to hydrolysis) is 1. The zero-order valence-electron chi connectivity index (χ0n) is 25.9. The van der Waals surface area contributed by atoms with E-state index in [-0.39, 0.29) is 17.7 Å². The van der Waals surface area contributed by atoms with E-state index in [9.17, 15) is 14.4 Å². The predicted molar refractivity (Wildman–Crippen MR) is 162 cm³/mol. The molecule has 0 aliphatic heterocycles. The SMILES string of the molecule is CCCCCCN(C(=O)C(NC(=O)OC(C)(C)C)C(C)C)C(C(=O)Nc1ccccc1C)c1cc(C)cc(C)c1. The molecule has 0 saturated carbocycles. The van der Waals surface area contributed by atoms with Gasteiger partial charge in [0.25, 0.3) is 5.91 Å². The first-order valence-electron chi connectivity index (χ1n) is 14.5. The standard InChI is InChI=1S/C33H49N3O4/c1-10-11-12-15-18-36(31(38)28(22(2)3)35-32(39)40-33(7,8)9)29(26-20-23(4)19-24(5)21-26)30(37)34-27-17-14-13-16-25(27)6/h13-14,16-17,19-22,28-29H,10-12,15,18H2,1-9H3,(H,34,37)(H,35,39). The highest BCUT2D eigenvalue weighted by Crippen LogP contribution is 2.28. The van der Waals surface area contributed by atoms with Crippen LogP contribution in [0.25, 0.3) is 0 Å². The maximum Gasteiger partial charge on any atom is 0.408 e. The number of amides is 3. The number of nitrogens with one attached hydrogen (secondary N) is 2. The van der Waals surface area contributed by atoms with Gasteiger partial charge in [-0.25, -0.2) is 4.79 Å². The van der Waals surface area contributed by atoms with Gasteiger partial charge in [-0.1, -0.05) is 87.6 Å². The predicted octanol–water partition coefficient (Wildman–Crippen LogP) is 7.25. The van der Waals surface area contributed by atoms with Gasteiger partial charge in [0.1, 0.15) is 17.7 Å². The van der Waals surface area contributed by atoms with Crippen LogP contribution >= 0.6 is 0 Å². The van der Waals surface area contributed by atoms with Crippen molar-refractivity contribution in [2.24, 2.45) is 5.92 Å². The fourth-order valence-corrected chi connectivity index (χ4v) is 4.76. The van der Waals surface area contributed by atoms with Gasteiger partial charge in [-0.3, -0.25) is 9.59 Å². The van der Waals surface area contributed by atoms with E-state index in [0.29, 0.717) is 12.2 Å². The molecule has 0 bridgehead atoms. The molecule has 40 heavy (non-hydrogen) atoms. The minimum Gasteiger partial charge on any atom is -0.444 e. The Hall–Kier alpha value is -3.35. The van der Waals surface area contributed by atoms with Crippen molar-refractivity contribution in [3.63, 3.8) is 0 Å². The van der Waals surface area contributed by atoms with E-state index in [0.717, 1.165) is 47.9 Å². The first-order chi connectivity index (χ1) is 18.7. The molecule has 2 atom stereocenters. The van der Waals surface area contributed by atoms with Gasteiger partial charge in [0.05, 0.1) is 0 Å². The molecular weight excluding hydrogens is 502 g/mol. The molecule has 220 valence electrons. The van der Waals surface area contributed by atoms with Crippen molar-refractivity contribution in [3.8, 4) is 0 Å². The quantitative estimate of drug-likeness (QED) is 0.272. The first-order valence-corrected chi connectivity index (χ1v) is 14.5. The van der Waals surface area contributed by atoms with Crippen molar-refractivity contribution in [2.75, 3.05) is 11.9 Å². The topological polar surface area (TPSA) is 87.7 Å². The van der Waals surface area contributed by atoms with Crippen LogP contribution in [0, 0.1) is 26.7 Å². The van der Waals surface area contributed by atoms with Gasteiger partial charge in [0, 0.05) is 12.2 Å². The van der Waals surface area contributed by atoms with Crippen LogP contribution in [0.1, 0.15) is 95.5 Å². The van der Waals surface area contributed by atoms with Crippen molar-refractivity contribution >= 4 is 23.6 Å². The lowest BCUT2D eigenvalue weighted by Crippen LogP contribution is -2.54. The van der Waals surface area contributed by atoms with E-state index >= 15 is 0 Å². The molecular formula is C33H49N3O4. The maximum absolute atomic E-state index is 14.3. The molecule has 2 rings (SSSR count). The van der Waals surface area contributed by atoms with Gasteiger partial charge >= 0.3 is 6.09 Å². The maximum atomic E-state index is 14.3. The monoisotopic (exact) mass is 551 g/mol. The Morgan fingerprint density at radius 2 is 1.55 bits per heavy atom. The Morgan fingerprint density at radius 3 is 2.10 bits per heavy atom. The van der Waals surface area contributed by atoms with Crippen LogP contribution in [0.2, 0.25) is 0 Å². The minimum absolute atomic E-state index is 0.225. The third-order valence-electron chi connectivity index (χ3n) is 6.66. The number of rotatable bonds is 12. The third kappa shape index (κ3) is 10.00. The summed E-state index contributed by atoms with van der Waals surface area (Å²) in [7, 11) is 0. The van der Waals surface area contributed by atoms with Crippen molar-refractivity contribution in [2.45, 2.75) is 106 Å². The average Bonchev–Trinajstić information content (AvgIpc) is 2.83. The second-order valence-electron chi connectivity index (χ2n) is 12.1. The van der Waals surface area contributed by atoms with Gasteiger partial charge < -0.3 is 20.3 Å². The Morgan fingerprint density at radius 1 is 0.925 bits per heavy atom. The summed E-state index contributed by atoms with van der Waals surface area (Å²) in [5.74, 6) is -0.818. The number of para-hydroxylation sites is 1. The molecule has 7 nitrogen and oxygen atoms in total. The van der Waals surface area contributed by atoms with Crippen LogP contribution in [0.3, 0.4) is 0 Å². The largest absolute Gasteiger partial charge is 0.444 e. The van der Waals surface area contributed by atoms with Crippen LogP contribution in [0.15, 0.2) is 42.5 Å². The number of carbonyl (C=O) groups excluding carboxylic acids is 3. The van der Waals surface area contributed by atoms with Crippen LogP contribution in [-0.4, -0.2) is 41.0 Å². The van der Waals surface area contributed by atoms with Crippen molar-refractivity contribution in [3.05, 3.63) is 64.7 Å². The number of ether oxygens (including phenoxy) is 1. The zero-order chi connectivity index (χ0) is 30.0. The number of unbranched alkanes of at least 4 members (excludes halogenated alkanes) is 3. The van der Waals surface area contributed by atoms with E-state index in [1.54, 1.807) is 25.7 Å². The molecule has 2 unspecified atom stereocenters. The second-order valence-corrected chi connectivity index (χ2v) is 12.1. The smallest absolute Gasteiger partial charge is 0.408 e. The van der Waals surface area contributed by atoms with Gasteiger partial charge in [-0.2, -0.15) is 0 Å². The number of hydrogen-bond acceptors (Lipinski definition) is 4. The summed E-state index contributed by atoms with van der Waals surface area (Å²) in [5.41, 5.74) is 3.69. The Bertz CT molecular complexity index is 1130. The van der Waals surface area contributed by atoms with Crippen LogP contribution in [0.5, 0.6) is 0 Å². The molecule has 0 spiro atoms. The molecule has 0 radical (unpaired) electrons. The summed E-state index contributed by atoms with van der Waals surface area (Å²) >= 11 is 0. The van der Waals surface area contributed by atoms with E-state index in [2.05, 4.69) is 17.6 Å². The lowest BCUT2D eigenvalue weighted by Gasteiger charge is -2.36. The lowest BCUT2D eigenvalue weighted by atomic mass is 9.96. The summed E-state index contributed by atoms with van der Waals surface area (Å²) in [5, 5.41) is 5.88. The molecule has 2 aromatic rings. The van der Waals surface area contributed by atoms with Gasteiger partial charge in [0.2, 0.25) is 5.91 Å². The van der Waals surface area contributed by atoms with Gasteiger partial charge in [-0.05, 0) is 71.1 Å².